The number of rotatable bonds is 7. The van der Waals surface area contributed by atoms with Gasteiger partial charge in [-0.25, -0.2) is 4.98 Å². The summed E-state index contributed by atoms with van der Waals surface area (Å²) >= 11 is 1.25. The molecule has 2 amide bonds. The molecule has 2 N–H and O–H groups in total. The summed E-state index contributed by atoms with van der Waals surface area (Å²) in [6.45, 7) is 3.66. The van der Waals surface area contributed by atoms with Crippen molar-refractivity contribution in [3.8, 4) is 5.75 Å². The molecule has 1 aromatic carbocycles. The average Bonchev–Trinajstić information content (AvgIpc) is 3.26. The van der Waals surface area contributed by atoms with Crippen molar-refractivity contribution in [2.24, 2.45) is 5.92 Å². The molecule has 11 heteroatoms. The predicted octanol–water partition coefficient (Wildman–Crippen LogP) is 1.85. The summed E-state index contributed by atoms with van der Waals surface area (Å²) in [6.07, 6.45) is 3.05. The minimum absolute atomic E-state index is 0.0471. The van der Waals surface area contributed by atoms with E-state index in [4.69, 9.17) is 4.74 Å². The lowest BCUT2D eigenvalue weighted by molar-refractivity contribution is -0.125. The second-order valence-corrected chi connectivity index (χ2v) is 8.76. The number of thiazole rings is 1. The summed E-state index contributed by atoms with van der Waals surface area (Å²) < 4.78 is 6.82. The number of hydrogen-bond acceptors (Lipinski definition) is 8. The zero-order valence-electron chi connectivity index (χ0n) is 18.5. The summed E-state index contributed by atoms with van der Waals surface area (Å²) in [5.41, 5.74) is 0.611. The molecule has 0 saturated carbocycles. The van der Waals surface area contributed by atoms with E-state index >= 15 is 0 Å². The lowest BCUT2D eigenvalue weighted by atomic mass is 9.97. The molecule has 33 heavy (non-hydrogen) atoms. The van der Waals surface area contributed by atoms with Crippen LogP contribution < -0.4 is 25.8 Å². The Morgan fingerprint density at radius 1 is 1.33 bits per heavy atom. The highest BCUT2D eigenvalue weighted by atomic mass is 32.1. The largest absolute Gasteiger partial charge is 0.497 e. The standard InChI is InChI=1S/C22H26N6O4S/c1-3-23-20(30)14-6-5-9-27(11-14)22-26-19-18(33-22)21(31)28(13-24-19)12-17(29)25-15-7-4-8-16(10-15)32-2/h4,7-8,10,13-14H,3,5-6,9,11-12H2,1-2H3,(H,23,30)(H,25,29)/t14-/m0/s1. The van der Waals surface area contributed by atoms with Crippen LogP contribution in [0.5, 0.6) is 5.75 Å². The molecule has 3 aromatic rings. The molecule has 1 aliphatic rings. The first-order valence-corrected chi connectivity index (χ1v) is 11.6. The van der Waals surface area contributed by atoms with Gasteiger partial charge in [-0.3, -0.25) is 19.0 Å². The van der Waals surface area contributed by atoms with Crippen LogP contribution in [0.15, 0.2) is 35.4 Å². The minimum atomic E-state index is -0.350. The van der Waals surface area contributed by atoms with Crippen molar-refractivity contribution in [3.63, 3.8) is 0 Å². The van der Waals surface area contributed by atoms with Gasteiger partial charge in [-0.15, -0.1) is 0 Å². The minimum Gasteiger partial charge on any atom is -0.497 e. The van der Waals surface area contributed by atoms with Crippen LogP contribution in [-0.2, 0) is 16.1 Å². The molecule has 1 fully saturated rings. The summed E-state index contributed by atoms with van der Waals surface area (Å²) in [4.78, 5) is 48.5. The van der Waals surface area contributed by atoms with Crippen molar-refractivity contribution in [1.82, 2.24) is 19.9 Å². The van der Waals surface area contributed by atoms with Crippen LogP contribution in [0.25, 0.3) is 10.3 Å². The zero-order chi connectivity index (χ0) is 23.4. The van der Waals surface area contributed by atoms with Gasteiger partial charge in [-0.05, 0) is 31.9 Å². The maximum atomic E-state index is 13.0. The van der Waals surface area contributed by atoms with Crippen molar-refractivity contribution >= 4 is 44.3 Å². The van der Waals surface area contributed by atoms with Gasteiger partial charge >= 0.3 is 0 Å². The smallest absolute Gasteiger partial charge is 0.273 e. The molecule has 0 aliphatic carbocycles. The summed E-state index contributed by atoms with van der Waals surface area (Å²) in [6, 6.07) is 6.99. The Hall–Kier alpha value is -3.47. The van der Waals surface area contributed by atoms with E-state index in [2.05, 4.69) is 20.6 Å². The van der Waals surface area contributed by atoms with Gasteiger partial charge in [0.2, 0.25) is 11.8 Å². The molecule has 1 atom stereocenters. The first kappa shape index (κ1) is 22.7. The number of benzene rings is 1. The predicted molar refractivity (Wildman–Crippen MR) is 127 cm³/mol. The summed E-state index contributed by atoms with van der Waals surface area (Å²) in [5, 5.41) is 6.31. The first-order chi connectivity index (χ1) is 16.0. The number of nitrogens with one attached hydrogen (secondary N) is 2. The van der Waals surface area contributed by atoms with Crippen LogP contribution in [-0.4, -0.2) is 53.1 Å². The molecule has 4 rings (SSSR count). The van der Waals surface area contributed by atoms with Crippen LogP contribution in [0.2, 0.25) is 0 Å². The summed E-state index contributed by atoms with van der Waals surface area (Å²) in [5.74, 6) is 0.218. The SMILES string of the molecule is CCNC(=O)[C@H]1CCCN(c2nc3ncn(CC(=O)Nc4cccc(OC)c4)c(=O)c3s2)C1. The van der Waals surface area contributed by atoms with E-state index in [1.54, 1.807) is 31.4 Å². The van der Waals surface area contributed by atoms with E-state index in [0.29, 0.717) is 40.0 Å². The van der Waals surface area contributed by atoms with E-state index in [0.717, 1.165) is 19.4 Å². The van der Waals surface area contributed by atoms with E-state index < -0.39 is 0 Å². The fraction of sp³-hybridized carbons (Fsp3) is 0.409. The molecule has 0 spiro atoms. The fourth-order valence-electron chi connectivity index (χ4n) is 3.82. The number of aromatic nitrogens is 3. The first-order valence-electron chi connectivity index (χ1n) is 10.8. The Balaban J connectivity index is 1.49. The summed E-state index contributed by atoms with van der Waals surface area (Å²) in [7, 11) is 1.55. The number of anilines is 2. The molecule has 1 aliphatic heterocycles. The van der Waals surface area contributed by atoms with E-state index in [1.165, 1.54) is 22.2 Å². The quantitative estimate of drug-likeness (QED) is 0.541. The number of amides is 2. The molecule has 0 bridgehead atoms. The van der Waals surface area contributed by atoms with Crippen molar-refractivity contribution in [2.75, 3.05) is 37.0 Å². The number of hydrogen-bond donors (Lipinski definition) is 2. The van der Waals surface area contributed by atoms with Crippen molar-refractivity contribution in [2.45, 2.75) is 26.3 Å². The number of nitrogens with zero attached hydrogens (tertiary/aromatic N) is 4. The highest BCUT2D eigenvalue weighted by molar-refractivity contribution is 7.22. The number of carbonyl (C=O) groups is 2. The lowest BCUT2D eigenvalue weighted by Gasteiger charge is -2.31. The molecule has 10 nitrogen and oxygen atoms in total. The van der Waals surface area contributed by atoms with Gasteiger partial charge in [-0.1, -0.05) is 17.4 Å². The molecular formula is C22H26N6O4S. The normalized spacial score (nSPS) is 15.9. The van der Waals surface area contributed by atoms with E-state index in [-0.39, 0.29) is 29.8 Å². The third kappa shape index (κ3) is 5.14. The maximum absolute atomic E-state index is 13.0. The third-order valence-electron chi connectivity index (χ3n) is 5.45. The van der Waals surface area contributed by atoms with E-state index in [9.17, 15) is 14.4 Å². The van der Waals surface area contributed by atoms with Crippen molar-refractivity contribution < 1.29 is 14.3 Å². The van der Waals surface area contributed by atoms with Gasteiger partial charge in [0.1, 0.15) is 23.3 Å². The number of carbonyl (C=O) groups excluding carboxylic acids is 2. The number of methoxy groups -OCH3 is 1. The Bertz CT molecular complexity index is 1220. The molecule has 2 aromatic heterocycles. The zero-order valence-corrected chi connectivity index (χ0v) is 19.4. The van der Waals surface area contributed by atoms with Crippen LogP contribution in [0.1, 0.15) is 19.8 Å². The second kappa shape index (κ2) is 9.99. The van der Waals surface area contributed by atoms with Gasteiger partial charge in [0.25, 0.3) is 5.56 Å². The Morgan fingerprint density at radius 2 is 2.18 bits per heavy atom. The molecular weight excluding hydrogens is 444 g/mol. The number of piperidine rings is 1. The lowest BCUT2D eigenvalue weighted by Crippen LogP contribution is -2.43. The molecule has 0 radical (unpaired) electrons. The van der Waals surface area contributed by atoms with Crippen LogP contribution >= 0.6 is 11.3 Å². The maximum Gasteiger partial charge on any atom is 0.273 e. The van der Waals surface area contributed by atoms with Crippen LogP contribution in [0.3, 0.4) is 0 Å². The van der Waals surface area contributed by atoms with Crippen molar-refractivity contribution in [1.29, 1.82) is 0 Å². The highest BCUT2D eigenvalue weighted by Crippen LogP contribution is 2.29. The monoisotopic (exact) mass is 470 g/mol. The highest BCUT2D eigenvalue weighted by Gasteiger charge is 2.27. The molecule has 3 heterocycles. The molecule has 174 valence electrons. The van der Waals surface area contributed by atoms with Gasteiger partial charge < -0.3 is 20.3 Å². The van der Waals surface area contributed by atoms with E-state index in [1.807, 2.05) is 11.8 Å². The Labute approximate surface area is 194 Å². The Morgan fingerprint density at radius 3 is 2.97 bits per heavy atom. The number of ether oxygens (including phenoxy) is 1. The number of fused-ring (bicyclic) bond motifs is 1. The van der Waals surface area contributed by atoms with Crippen LogP contribution in [0, 0.1) is 5.92 Å². The molecule has 0 unspecified atom stereocenters. The second-order valence-electron chi connectivity index (χ2n) is 7.79. The van der Waals surface area contributed by atoms with Gasteiger partial charge in [0, 0.05) is 31.4 Å². The third-order valence-corrected chi connectivity index (χ3v) is 6.55. The Kier molecular flexibility index (Phi) is 6.87. The van der Waals surface area contributed by atoms with Gasteiger partial charge in [-0.2, -0.15) is 4.98 Å². The van der Waals surface area contributed by atoms with Gasteiger partial charge in [0.05, 0.1) is 13.0 Å². The topological polar surface area (TPSA) is 118 Å². The van der Waals surface area contributed by atoms with Gasteiger partial charge in [0.15, 0.2) is 10.8 Å². The van der Waals surface area contributed by atoms with Crippen LogP contribution in [0.4, 0.5) is 10.8 Å². The molecule has 1 saturated heterocycles. The fourth-order valence-corrected chi connectivity index (χ4v) is 4.83. The average molecular weight is 471 g/mol. The van der Waals surface area contributed by atoms with Crippen molar-refractivity contribution in [3.05, 3.63) is 40.9 Å².